The number of carbonyl (C=O) groups excluding carboxylic acids is 1. The molecule has 2 aromatic carbocycles. The molecule has 168 valence electrons. The first-order valence-corrected chi connectivity index (χ1v) is 10.3. The Kier molecular flexibility index (Phi) is 7.89. The van der Waals surface area contributed by atoms with Gasteiger partial charge < -0.3 is 17.2 Å². The first-order chi connectivity index (χ1) is 15.0. The van der Waals surface area contributed by atoms with Crippen LogP contribution in [0.2, 0.25) is 0 Å². The lowest BCUT2D eigenvalue weighted by Crippen LogP contribution is -2.27. The molecule has 0 saturated carbocycles. The van der Waals surface area contributed by atoms with E-state index >= 15 is 0 Å². The van der Waals surface area contributed by atoms with Crippen LogP contribution in [0.5, 0.6) is 0 Å². The zero-order valence-corrected chi connectivity index (χ0v) is 18.8. The van der Waals surface area contributed by atoms with Crippen LogP contribution in [-0.4, -0.2) is 25.7 Å². The minimum atomic E-state index is -0.768. The lowest BCUT2D eigenvalue weighted by atomic mass is 9.86. The lowest BCUT2D eigenvalue weighted by Gasteiger charge is -2.20. The van der Waals surface area contributed by atoms with Crippen molar-refractivity contribution in [1.29, 1.82) is 0 Å². The number of aryl methyl sites for hydroxylation is 2. The number of carbonyl (C=O) groups is 1. The molecule has 0 fully saturated rings. The van der Waals surface area contributed by atoms with E-state index in [1.165, 1.54) is 12.1 Å². The SMILES string of the molecule is CCCc1c(CCc2ccc([N+](=O)[O-])cc2[N+](=O)[O-])cc(C(N)=O)c(C(N)=S)c1C(N)=S. The molecule has 32 heavy (non-hydrogen) atoms. The Balaban J connectivity index is 2.65. The highest BCUT2D eigenvalue weighted by Crippen LogP contribution is 2.29. The second-order valence-corrected chi connectivity index (χ2v) is 7.86. The van der Waals surface area contributed by atoms with Gasteiger partial charge in [0.05, 0.1) is 21.5 Å². The van der Waals surface area contributed by atoms with Crippen molar-refractivity contribution in [3.8, 4) is 0 Å². The van der Waals surface area contributed by atoms with Gasteiger partial charge in [-0.15, -0.1) is 0 Å². The van der Waals surface area contributed by atoms with E-state index < -0.39 is 15.8 Å². The van der Waals surface area contributed by atoms with Crippen molar-refractivity contribution < 1.29 is 14.6 Å². The van der Waals surface area contributed by atoms with E-state index in [9.17, 15) is 25.0 Å². The quantitative estimate of drug-likeness (QED) is 0.264. The average molecular weight is 476 g/mol. The highest BCUT2D eigenvalue weighted by molar-refractivity contribution is 7.81. The summed E-state index contributed by atoms with van der Waals surface area (Å²) in [5, 5.41) is 22.4. The summed E-state index contributed by atoms with van der Waals surface area (Å²) in [5.41, 5.74) is 18.9. The number of benzene rings is 2. The second-order valence-electron chi connectivity index (χ2n) is 6.98. The first-order valence-electron chi connectivity index (χ1n) is 9.49. The first kappa shape index (κ1) is 24.8. The average Bonchev–Trinajstić information content (AvgIpc) is 2.71. The summed E-state index contributed by atoms with van der Waals surface area (Å²) in [6, 6.07) is 5.04. The molecule has 2 aromatic rings. The zero-order valence-electron chi connectivity index (χ0n) is 17.1. The van der Waals surface area contributed by atoms with Gasteiger partial charge in [-0.1, -0.05) is 37.8 Å². The van der Waals surface area contributed by atoms with Crippen LogP contribution < -0.4 is 17.2 Å². The van der Waals surface area contributed by atoms with E-state index in [2.05, 4.69) is 0 Å². The number of hydrogen-bond acceptors (Lipinski definition) is 7. The van der Waals surface area contributed by atoms with Crippen LogP contribution in [0.4, 0.5) is 11.4 Å². The van der Waals surface area contributed by atoms with Crippen molar-refractivity contribution in [3.05, 3.63) is 77.9 Å². The molecule has 0 unspecified atom stereocenters. The number of amides is 1. The summed E-state index contributed by atoms with van der Waals surface area (Å²) in [6.07, 6.45) is 1.69. The highest BCUT2D eigenvalue weighted by atomic mass is 32.1. The highest BCUT2D eigenvalue weighted by Gasteiger charge is 2.24. The molecule has 0 radical (unpaired) electrons. The Hall–Kier alpha value is -3.51. The molecular weight excluding hydrogens is 454 g/mol. The van der Waals surface area contributed by atoms with E-state index in [1.807, 2.05) is 6.92 Å². The number of nitro benzene ring substituents is 2. The van der Waals surface area contributed by atoms with Crippen molar-refractivity contribution in [2.75, 3.05) is 0 Å². The van der Waals surface area contributed by atoms with Gasteiger partial charge >= 0.3 is 0 Å². The van der Waals surface area contributed by atoms with Crippen LogP contribution in [0.3, 0.4) is 0 Å². The van der Waals surface area contributed by atoms with Gasteiger partial charge in [0, 0.05) is 22.8 Å². The largest absolute Gasteiger partial charge is 0.389 e. The van der Waals surface area contributed by atoms with Crippen molar-refractivity contribution in [2.24, 2.45) is 17.2 Å². The third-order valence-corrected chi connectivity index (χ3v) is 5.33. The molecule has 0 aliphatic heterocycles. The third kappa shape index (κ3) is 5.21. The maximum Gasteiger partial charge on any atom is 0.279 e. The molecule has 2 rings (SSSR count). The third-order valence-electron chi connectivity index (χ3n) is 4.93. The number of nitro groups is 2. The summed E-state index contributed by atoms with van der Waals surface area (Å²) in [5.74, 6) is -0.768. The zero-order chi connectivity index (χ0) is 24.2. The van der Waals surface area contributed by atoms with Gasteiger partial charge in [-0.3, -0.25) is 25.0 Å². The van der Waals surface area contributed by atoms with E-state index in [0.29, 0.717) is 29.5 Å². The predicted octanol–water partition coefficient (Wildman–Crippen LogP) is 2.61. The summed E-state index contributed by atoms with van der Waals surface area (Å²) in [7, 11) is 0. The number of nitrogens with two attached hydrogens (primary N) is 3. The van der Waals surface area contributed by atoms with E-state index in [-0.39, 0.29) is 45.3 Å². The monoisotopic (exact) mass is 475 g/mol. The van der Waals surface area contributed by atoms with Crippen LogP contribution in [0.1, 0.15) is 51.5 Å². The van der Waals surface area contributed by atoms with Crippen molar-refractivity contribution in [1.82, 2.24) is 0 Å². The molecular formula is C20H21N5O5S2. The van der Waals surface area contributed by atoms with Crippen LogP contribution in [0.15, 0.2) is 24.3 Å². The molecule has 1 amide bonds. The van der Waals surface area contributed by atoms with E-state index in [4.69, 9.17) is 41.6 Å². The van der Waals surface area contributed by atoms with Crippen LogP contribution in [0.25, 0.3) is 0 Å². The molecule has 0 aromatic heterocycles. The van der Waals surface area contributed by atoms with Gasteiger partial charge in [-0.25, -0.2) is 0 Å². The number of nitrogens with zero attached hydrogens (tertiary/aromatic N) is 2. The normalized spacial score (nSPS) is 10.5. The predicted molar refractivity (Wildman–Crippen MR) is 128 cm³/mol. The molecule has 0 aliphatic rings. The fourth-order valence-corrected chi connectivity index (χ4v) is 4.01. The Labute approximate surface area is 194 Å². The van der Waals surface area contributed by atoms with E-state index in [0.717, 1.165) is 11.6 Å². The molecule has 10 nitrogen and oxygen atoms in total. The molecule has 12 heteroatoms. The molecule has 0 saturated heterocycles. The number of non-ortho nitro benzene ring substituents is 1. The second kappa shape index (κ2) is 10.2. The number of rotatable bonds is 10. The number of primary amides is 1. The standard InChI is InChI=1S/C20H21N5O5S2/c1-2-3-13-11(8-14(18(21)26)17(20(23)32)16(13)19(22)31)5-4-10-6-7-12(24(27)28)9-15(10)25(29)30/h6-9H,2-5H2,1H3,(H2,21,26)(H2,22,31)(H2,23,32). The van der Waals surface area contributed by atoms with Crippen LogP contribution >= 0.6 is 24.4 Å². The minimum Gasteiger partial charge on any atom is -0.389 e. The Bertz CT molecular complexity index is 1150. The number of hydrogen-bond donors (Lipinski definition) is 3. The summed E-state index contributed by atoms with van der Waals surface area (Å²) >= 11 is 10.3. The Morgan fingerprint density at radius 3 is 1.97 bits per heavy atom. The lowest BCUT2D eigenvalue weighted by molar-refractivity contribution is -0.394. The molecule has 0 bridgehead atoms. The molecule has 0 aliphatic carbocycles. The van der Waals surface area contributed by atoms with Gasteiger partial charge in [0.15, 0.2) is 0 Å². The Morgan fingerprint density at radius 2 is 1.50 bits per heavy atom. The summed E-state index contributed by atoms with van der Waals surface area (Å²) in [4.78, 5) is 33.1. The fraction of sp³-hybridized carbons (Fsp3) is 0.250. The maximum absolute atomic E-state index is 12.1. The summed E-state index contributed by atoms with van der Waals surface area (Å²) in [6.45, 7) is 1.94. The van der Waals surface area contributed by atoms with E-state index in [1.54, 1.807) is 6.07 Å². The van der Waals surface area contributed by atoms with Gasteiger partial charge in [0.25, 0.3) is 11.4 Å². The Morgan fingerprint density at radius 1 is 0.906 bits per heavy atom. The maximum atomic E-state index is 12.1. The fourth-order valence-electron chi connectivity index (χ4n) is 3.58. The van der Waals surface area contributed by atoms with Crippen molar-refractivity contribution in [2.45, 2.75) is 32.6 Å². The molecule has 0 atom stereocenters. The van der Waals surface area contributed by atoms with Gasteiger partial charge in [0.2, 0.25) is 5.91 Å². The van der Waals surface area contributed by atoms with Crippen LogP contribution in [-0.2, 0) is 19.3 Å². The van der Waals surface area contributed by atoms with Crippen molar-refractivity contribution in [3.63, 3.8) is 0 Å². The smallest absolute Gasteiger partial charge is 0.279 e. The van der Waals surface area contributed by atoms with Gasteiger partial charge in [0.1, 0.15) is 9.98 Å². The summed E-state index contributed by atoms with van der Waals surface area (Å²) < 4.78 is 0. The van der Waals surface area contributed by atoms with Crippen LogP contribution in [0, 0.1) is 20.2 Å². The minimum absolute atomic E-state index is 0.00177. The number of thiocarbonyl (C=S) groups is 2. The molecule has 6 N–H and O–H groups in total. The molecule has 0 heterocycles. The van der Waals surface area contributed by atoms with Gasteiger partial charge in [-0.2, -0.15) is 0 Å². The van der Waals surface area contributed by atoms with Gasteiger partial charge in [-0.05, 0) is 42.5 Å². The molecule has 0 spiro atoms. The topological polar surface area (TPSA) is 181 Å². The van der Waals surface area contributed by atoms with Crippen molar-refractivity contribution >= 4 is 51.7 Å².